The van der Waals surface area contributed by atoms with Crippen molar-refractivity contribution in [3.63, 3.8) is 0 Å². The fourth-order valence-electron chi connectivity index (χ4n) is 3.52. The van der Waals surface area contributed by atoms with Crippen molar-refractivity contribution >= 4 is 23.7 Å². The maximum Gasteiger partial charge on any atom is 0.412 e. The minimum absolute atomic E-state index is 0.00470. The van der Waals surface area contributed by atoms with Crippen LogP contribution in [0.5, 0.6) is 0 Å². The van der Waals surface area contributed by atoms with E-state index in [0.29, 0.717) is 44.3 Å². The van der Waals surface area contributed by atoms with Gasteiger partial charge in [0.1, 0.15) is 5.84 Å². The van der Waals surface area contributed by atoms with Crippen LogP contribution in [0, 0.1) is 0 Å². The van der Waals surface area contributed by atoms with Crippen LogP contribution in [0.2, 0.25) is 0 Å². The van der Waals surface area contributed by atoms with Crippen LogP contribution in [-0.4, -0.2) is 90.4 Å². The molecule has 30 heavy (non-hydrogen) atoms. The quantitative estimate of drug-likeness (QED) is 0.519. The van der Waals surface area contributed by atoms with Gasteiger partial charge in [-0.2, -0.15) is 0 Å². The van der Waals surface area contributed by atoms with Crippen molar-refractivity contribution in [3.05, 3.63) is 11.8 Å². The fraction of sp³-hybridized carbons (Fsp3) is 0.714. The summed E-state index contributed by atoms with van der Waals surface area (Å²) in [7, 11) is 0. The molecule has 1 N–H and O–H groups in total. The van der Waals surface area contributed by atoms with Gasteiger partial charge in [0.05, 0.1) is 19.1 Å². The van der Waals surface area contributed by atoms with Crippen molar-refractivity contribution in [2.24, 2.45) is 4.99 Å². The first-order valence-electron chi connectivity index (χ1n) is 10.7. The third-order valence-electron chi connectivity index (χ3n) is 5.15. The number of amidine groups is 1. The topological polar surface area (TPSA) is 94.5 Å². The highest BCUT2D eigenvalue weighted by Gasteiger charge is 2.25. The van der Waals surface area contributed by atoms with Gasteiger partial charge in [-0.25, -0.2) is 9.79 Å². The third-order valence-corrected chi connectivity index (χ3v) is 5.15. The number of hydrogen-bond acceptors (Lipinski definition) is 6. The minimum Gasteiger partial charge on any atom is -0.447 e. The predicted molar refractivity (Wildman–Crippen MR) is 115 cm³/mol. The van der Waals surface area contributed by atoms with Gasteiger partial charge in [-0.05, 0) is 40.5 Å². The monoisotopic (exact) mass is 421 g/mol. The van der Waals surface area contributed by atoms with E-state index in [1.54, 1.807) is 26.8 Å². The number of rotatable bonds is 6. The number of allylic oxidation sites excluding steroid dienone is 1. The van der Waals surface area contributed by atoms with Gasteiger partial charge in [0.15, 0.2) is 0 Å². The molecule has 0 spiro atoms. The highest BCUT2D eigenvalue weighted by Crippen LogP contribution is 2.12. The molecule has 2 aliphatic heterocycles. The Morgan fingerprint density at radius 3 is 2.17 bits per heavy atom. The Kier molecular flexibility index (Phi) is 9.29. The zero-order valence-electron chi connectivity index (χ0n) is 18.6. The summed E-state index contributed by atoms with van der Waals surface area (Å²) in [6.45, 7) is 11.8. The Morgan fingerprint density at radius 1 is 1.00 bits per heavy atom. The first-order chi connectivity index (χ1) is 14.3. The summed E-state index contributed by atoms with van der Waals surface area (Å²) in [6, 6.07) is 0. The maximum atomic E-state index is 12.7. The van der Waals surface area contributed by atoms with Crippen molar-refractivity contribution in [1.82, 2.24) is 20.0 Å². The van der Waals surface area contributed by atoms with Crippen LogP contribution >= 0.6 is 0 Å². The van der Waals surface area contributed by atoms with Crippen molar-refractivity contribution in [3.8, 4) is 0 Å². The summed E-state index contributed by atoms with van der Waals surface area (Å²) < 4.78 is 5.03. The van der Waals surface area contributed by atoms with E-state index in [1.807, 2.05) is 16.7 Å². The molecule has 3 amide bonds. The summed E-state index contributed by atoms with van der Waals surface area (Å²) in [5.41, 5.74) is 0.592. The van der Waals surface area contributed by atoms with Gasteiger partial charge < -0.3 is 14.5 Å². The van der Waals surface area contributed by atoms with E-state index in [1.165, 1.54) is 0 Å². The van der Waals surface area contributed by atoms with Crippen molar-refractivity contribution in [2.75, 3.05) is 45.8 Å². The van der Waals surface area contributed by atoms with E-state index in [9.17, 15) is 14.4 Å². The van der Waals surface area contributed by atoms with Crippen LogP contribution in [0.25, 0.3) is 0 Å². The zero-order valence-corrected chi connectivity index (χ0v) is 18.6. The van der Waals surface area contributed by atoms with Gasteiger partial charge in [0.25, 0.3) is 0 Å². The van der Waals surface area contributed by atoms with Gasteiger partial charge in [0.2, 0.25) is 11.8 Å². The van der Waals surface area contributed by atoms with Crippen molar-refractivity contribution < 1.29 is 19.1 Å². The smallest absolute Gasteiger partial charge is 0.412 e. The molecule has 2 rings (SSSR count). The van der Waals surface area contributed by atoms with Gasteiger partial charge in [-0.3, -0.25) is 19.8 Å². The van der Waals surface area contributed by atoms with E-state index in [-0.39, 0.29) is 24.3 Å². The lowest BCUT2D eigenvalue weighted by atomic mass is 10.2. The number of likely N-dealkylation sites (tertiary alicyclic amines) is 1. The molecule has 9 nitrogen and oxygen atoms in total. The lowest BCUT2D eigenvalue weighted by Crippen LogP contribution is -2.51. The molecular formula is C21H35N5O4. The molecule has 2 fully saturated rings. The number of ether oxygens (including phenoxy) is 1. The maximum absolute atomic E-state index is 12.7. The molecule has 0 aromatic rings. The molecular weight excluding hydrogens is 386 g/mol. The Bertz CT molecular complexity index is 675. The predicted octanol–water partition coefficient (Wildman–Crippen LogP) is 1.60. The normalized spacial score (nSPS) is 18.7. The number of alkyl carbamates (subject to hydrolysis) is 1. The Hall–Kier alpha value is -2.42. The summed E-state index contributed by atoms with van der Waals surface area (Å²) in [6.07, 6.45) is 3.34. The molecule has 0 aliphatic carbocycles. The average Bonchev–Trinajstić information content (AvgIpc) is 3.22. The largest absolute Gasteiger partial charge is 0.447 e. The molecule has 0 unspecified atom stereocenters. The molecule has 0 aromatic carbocycles. The fourth-order valence-corrected chi connectivity index (χ4v) is 3.52. The second-order valence-corrected chi connectivity index (χ2v) is 7.98. The van der Waals surface area contributed by atoms with Gasteiger partial charge >= 0.3 is 6.09 Å². The van der Waals surface area contributed by atoms with Crippen molar-refractivity contribution in [2.45, 2.75) is 53.1 Å². The number of carbonyl (C=O) groups excluding carboxylic acids is 3. The highest BCUT2D eigenvalue weighted by molar-refractivity contribution is 5.94. The number of nitrogens with zero attached hydrogens (tertiary/aromatic N) is 4. The van der Waals surface area contributed by atoms with Crippen molar-refractivity contribution in [1.29, 1.82) is 0 Å². The standard InChI is InChI=1S/C21H35N5O4/c1-5-18(22-17(4)23-21(29)30-16(2)3)14-19(27)26-12-10-24(11-13-26)15-20(28)25-8-6-7-9-25/h5,16H,6-15H2,1-4H3,(H,22,23,29)/b18-5-. The number of hydrogen-bond donors (Lipinski definition) is 1. The Balaban J connectivity index is 1.77. The SMILES string of the molecule is C/C=C(/CC(=O)N1CCN(CC(=O)N2CCCC2)CC1)N=C(C)NC(=O)OC(C)C. The summed E-state index contributed by atoms with van der Waals surface area (Å²) >= 11 is 0. The third kappa shape index (κ3) is 7.78. The summed E-state index contributed by atoms with van der Waals surface area (Å²) in [4.78, 5) is 46.8. The van der Waals surface area contributed by atoms with E-state index in [4.69, 9.17) is 4.74 Å². The van der Waals surface area contributed by atoms with E-state index in [0.717, 1.165) is 25.9 Å². The molecule has 2 heterocycles. The molecule has 0 saturated carbocycles. The zero-order chi connectivity index (χ0) is 22.1. The minimum atomic E-state index is -0.562. The van der Waals surface area contributed by atoms with Gasteiger partial charge in [-0.15, -0.1) is 0 Å². The van der Waals surface area contributed by atoms with Gasteiger partial charge in [-0.1, -0.05) is 6.08 Å². The van der Waals surface area contributed by atoms with Gasteiger partial charge in [0, 0.05) is 45.0 Å². The number of nitrogens with one attached hydrogen (secondary N) is 1. The van der Waals surface area contributed by atoms with E-state index < -0.39 is 6.09 Å². The lowest BCUT2D eigenvalue weighted by molar-refractivity contribution is -0.134. The molecule has 0 atom stereocenters. The van der Waals surface area contributed by atoms with E-state index >= 15 is 0 Å². The first-order valence-corrected chi connectivity index (χ1v) is 10.7. The second kappa shape index (κ2) is 11.7. The number of piperazine rings is 1. The molecule has 2 aliphatic rings. The van der Waals surface area contributed by atoms with Crippen LogP contribution in [0.3, 0.4) is 0 Å². The van der Waals surface area contributed by atoms with Crippen LogP contribution in [0.15, 0.2) is 16.8 Å². The molecule has 0 aromatic heterocycles. The average molecular weight is 422 g/mol. The molecule has 9 heteroatoms. The summed E-state index contributed by atoms with van der Waals surface area (Å²) in [5.74, 6) is 0.568. The molecule has 2 saturated heterocycles. The number of carbonyl (C=O) groups is 3. The first kappa shape index (κ1) is 23.9. The summed E-state index contributed by atoms with van der Waals surface area (Å²) in [5, 5.41) is 2.56. The second-order valence-electron chi connectivity index (χ2n) is 7.98. The van der Waals surface area contributed by atoms with Crippen LogP contribution in [0.4, 0.5) is 4.79 Å². The highest BCUT2D eigenvalue weighted by atomic mass is 16.6. The van der Waals surface area contributed by atoms with Crippen LogP contribution in [0.1, 0.15) is 47.0 Å². The molecule has 0 bridgehead atoms. The molecule has 0 radical (unpaired) electrons. The molecule has 168 valence electrons. The Labute approximate surface area is 179 Å². The van der Waals surface area contributed by atoms with Crippen LogP contribution in [-0.2, 0) is 14.3 Å². The number of aliphatic imine (C=N–C) groups is 1. The lowest BCUT2D eigenvalue weighted by Gasteiger charge is -2.35. The Morgan fingerprint density at radius 2 is 1.60 bits per heavy atom. The number of amides is 3. The van der Waals surface area contributed by atoms with Crippen LogP contribution < -0.4 is 5.32 Å². The van der Waals surface area contributed by atoms with E-state index in [2.05, 4.69) is 15.2 Å².